The highest BCUT2D eigenvalue weighted by Crippen LogP contribution is 2.32. The van der Waals surface area contributed by atoms with E-state index in [2.05, 4.69) is 34.5 Å². The number of halogens is 1. The molecule has 26 heavy (non-hydrogen) atoms. The van der Waals surface area contributed by atoms with Gasteiger partial charge in [-0.2, -0.15) is 0 Å². The van der Waals surface area contributed by atoms with Crippen LogP contribution in [0.1, 0.15) is 39.5 Å². The maximum Gasteiger partial charge on any atom is 0.328 e. The van der Waals surface area contributed by atoms with E-state index >= 15 is 0 Å². The predicted molar refractivity (Wildman–Crippen MR) is 107 cm³/mol. The molecule has 1 aromatic heterocycles. The number of rotatable bonds is 4. The van der Waals surface area contributed by atoms with Crippen LogP contribution in [-0.2, 0) is 24.1 Å². The molecule has 8 heteroatoms. The lowest BCUT2D eigenvalue weighted by Crippen LogP contribution is -2.38. The topological polar surface area (TPSA) is 73.1 Å². The van der Waals surface area contributed by atoms with Crippen LogP contribution in [0.15, 0.2) is 26.3 Å². The van der Waals surface area contributed by atoms with Gasteiger partial charge in [0.15, 0.2) is 0 Å². The molecular formula is C18H26BrN3O3S. The maximum absolute atomic E-state index is 12.9. The Labute approximate surface area is 162 Å². The van der Waals surface area contributed by atoms with E-state index in [9.17, 15) is 13.2 Å². The third-order valence-corrected chi connectivity index (χ3v) is 8.13. The first-order valence-corrected chi connectivity index (χ1v) is 11.3. The SMILES string of the molecule is CC(C)C1CCC(NS(=O)(=O)c2cc3c(cc2Br)n(C)c(=O)n3C)CC1. The van der Waals surface area contributed by atoms with Gasteiger partial charge in [-0.3, -0.25) is 9.13 Å². The highest BCUT2D eigenvalue weighted by Gasteiger charge is 2.28. The quantitative estimate of drug-likeness (QED) is 0.788. The monoisotopic (exact) mass is 443 g/mol. The van der Waals surface area contributed by atoms with Crippen molar-refractivity contribution in [3.8, 4) is 0 Å². The molecule has 1 N–H and O–H groups in total. The summed E-state index contributed by atoms with van der Waals surface area (Å²) in [7, 11) is -0.336. The highest BCUT2D eigenvalue weighted by molar-refractivity contribution is 9.10. The van der Waals surface area contributed by atoms with Crippen LogP contribution in [0.2, 0.25) is 0 Å². The van der Waals surface area contributed by atoms with Crippen molar-refractivity contribution >= 4 is 37.0 Å². The lowest BCUT2D eigenvalue weighted by atomic mass is 9.80. The molecule has 0 aliphatic heterocycles. The van der Waals surface area contributed by atoms with Crippen LogP contribution >= 0.6 is 15.9 Å². The Hall–Kier alpha value is -1.12. The summed E-state index contributed by atoms with van der Waals surface area (Å²) in [6.45, 7) is 4.46. The smallest absolute Gasteiger partial charge is 0.295 e. The van der Waals surface area contributed by atoms with Crippen molar-refractivity contribution in [1.29, 1.82) is 0 Å². The van der Waals surface area contributed by atoms with Gasteiger partial charge < -0.3 is 0 Å². The van der Waals surface area contributed by atoms with Crippen molar-refractivity contribution in [1.82, 2.24) is 13.9 Å². The Bertz CT molecular complexity index is 983. The normalized spacial score (nSPS) is 21.6. The van der Waals surface area contributed by atoms with Crippen molar-refractivity contribution in [3.05, 3.63) is 27.1 Å². The Kier molecular flexibility index (Phi) is 5.38. The van der Waals surface area contributed by atoms with E-state index < -0.39 is 10.0 Å². The summed E-state index contributed by atoms with van der Waals surface area (Å²) in [6, 6.07) is 3.24. The first-order valence-electron chi connectivity index (χ1n) is 8.99. The summed E-state index contributed by atoms with van der Waals surface area (Å²) in [6.07, 6.45) is 3.84. The van der Waals surface area contributed by atoms with E-state index in [1.54, 1.807) is 26.2 Å². The number of aromatic nitrogens is 2. The molecule has 3 rings (SSSR count). The summed E-state index contributed by atoms with van der Waals surface area (Å²) in [5.41, 5.74) is 1.12. The second kappa shape index (κ2) is 7.13. The van der Waals surface area contributed by atoms with Gasteiger partial charge in [0, 0.05) is 24.6 Å². The average molecular weight is 444 g/mol. The van der Waals surface area contributed by atoms with Crippen LogP contribution in [0, 0.1) is 11.8 Å². The minimum Gasteiger partial charge on any atom is -0.295 e. The molecule has 1 aliphatic carbocycles. The average Bonchev–Trinajstić information content (AvgIpc) is 2.78. The number of aryl methyl sites for hydroxylation is 2. The van der Waals surface area contributed by atoms with Gasteiger partial charge in [-0.15, -0.1) is 0 Å². The molecule has 0 radical (unpaired) electrons. The number of nitrogens with one attached hydrogen (secondary N) is 1. The standard InChI is InChI=1S/C18H26BrN3O3S/c1-11(2)12-5-7-13(8-6-12)20-26(24,25)17-10-16-15(9-14(17)19)21(3)18(23)22(16)4/h9-13,20H,5-8H2,1-4H3. The van der Waals surface area contributed by atoms with E-state index in [0.29, 0.717) is 27.3 Å². The summed E-state index contributed by atoms with van der Waals surface area (Å²) in [5.74, 6) is 1.32. The fourth-order valence-corrected chi connectivity index (χ4v) is 6.25. The minimum atomic E-state index is -3.66. The number of sulfonamides is 1. The van der Waals surface area contributed by atoms with Crippen LogP contribution in [-0.4, -0.2) is 23.6 Å². The van der Waals surface area contributed by atoms with E-state index in [1.807, 2.05) is 0 Å². The zero-order chi connectivity index (χ0) is 19.2. The van der Waals surface area contributed by atoms with E-state index in [0.717, 1.165) is 25.7 Å². The summed E-state index contributed by atoms with van der Waals surface area (Å²) >= 11 is 3.37. The van der Waals surface area contributed by atoms with Gasteiger partial charge in [-0.1, -0.05) is 13.8 Å². The molecule has 144 valence electrons. The van der Waals surface area contributed by atoms with E-state index in [1.165, 1.54) is 9.13 Å². The Balaban J connectivity index is 1.89. The highest BCUT2D eigenvalue weighted by atomic mass is 79.9. The molecule has 1 aromatic carbocycles. The summed E-state index contributed by atoms with van der Waals surface area (Å²) < 4.78 is 32.2. The first-order chi connectivity index (χ1) is 12.1. The van der Waals surface area contributed by atoms with Crippen LogP contribution in [0.4, 0.5) is 0 Å². The number of imidazole rings is 1. The third-order valence-electron chi connectivity index (χ3n) is 5.65. The van der Waals surface area contributed by atoms with Gasteiger partial charge in [-0.25, -0.2) is 17.9 Å². The molecule has 0 saturated heterocycles. The van der Waals surface area contributed by atoms with Gasteiger partial charge in [-0.05, 0) is 65.6 Å². The van der Waals surface area contributed by atoms with Crippen LogP contribution in [0.3, 0.4) is 0 Å². The van der Waals surface area contributed by atoms with Crippen molar-refractivity contribution < 1.29 is 8.42 Å². The van der Waals surface area contributed by atoms with Gasteiger partial charge >= 0.3 is 5.69 Å². The minimum absolute atomic E-state index is 0.0304. The Morgan fingerprint density at radius 1 is 1.08 bits per heavy atom. The van der Waals surface area contributed by atoms with E-state index in [-0.39, 0.29) is 16.6 Å². The van der Waals surface area contributed by atoms with Crippen molar-refractivity contribution in [3.63, 3.8) is 0 Å². The van der Waals surface area contributed by atoms with Crippen molar-refractivity contribution in [2.24, 2.45) is 25.9 Å². The number of hydrogen-bond donors (Lipinski definition) is 1. The second-order valence-corrected chi connectivity index (χ2v) is 10.2. The zero-order valence-corrected chi connectivity index (χ0v) is 18.0. The van der Waals surface area contributed by atoms with Crippen molar-refractivity contribution in [2.75, 3.05) is 0 Å². The zero-order valence-electron chi connectivity index (χ0n) is 15.6. The molecule has 0 atom stereocenters. The lowest BCUT2D eigenvalue weighted by Gasteiger charge is -2.31. The van der Waals surface area contributed by atoms with Crippen LogP contribution < -0.4 is 10.4 Å². The molecule has 0 amide bonds. The maximum atomic E-state index is 12.9. The van der Waals surface area contributed by atoms with Crippen LogP contribution in [0.5, 0.6) is 0 Å². The molecule has 0 spiro atoms. The first kappa shape index (κ1) is 19.6. The lowest BCUT2D eigenvalue weighted by molar-refractivity contribution is 0.252. The van der Waals surface area contributed by atoms with Gasteiger partial charge in [0.1, 0.15) is 0 Å². The molecule has 1 fully saturated rings. The molecule has 1 saturated carbocycles. The number of hydrogen-bond acceptors (Lipinski definition) is 3. The third kappa shape index (κ3) is 3.51. The molecule has 6 nitrogen and oxygen atoms in total. The fraction of sp³-hybridized carbons (Fsp3) is 0.611. The molecule has 2 aromatic rings. The van der Waals surface area contributed by atoms with Gasteiger partial charge in [0.25, 0.3) is 0 Å². The second-order valence-electron chi connectivity index (χ2n) is 7.65. The molecule has 1 aliphatic rings. The Morgan fingerprint density at radius 3 is 2.15 bits per heavy atom. The molecule has 0 bridgehead atoms. The number of benzene rings is 1. The van der Waals surface area contributed by atoms with Gasteiger partial charge in [0.2, 0.25) is 10.0 Å². The number of nitrogens with zero attached hydrogens (tertiary/aromatic N) is 2. The summed E-state index contributed by atoms with van der Waals surface area (Å²) in [5, 5.41) is 0. The molecule has 0 unspecified atom stereocenters. The fourth-order valence-electron chi connectivity index (χ4n) is 3.89. The largest absolute Gasteiger partial charge is 0.328 e. The predicted octanol–water partition coefficient (Wildman–Crippen LogP) is 3.13. The van der Waals surface area contributed by atoms with E-state index in [4.69, 9.17) is 0 Å². The summed E-state index contributed by atoms with van der Waals surface area (Å²) in [4.78, 5) is 12.3. The van der Waals surface area contributed by atoms with Crippen LogP contribution in [0.25, 0.3) is 11.0 Å². The Morgan fingerprint density at radius 2 is 1.62 bits per heavy atom. The van der Waals surface area contributed by atoms with Gasteiger partial charge in [0.05, 0.1) is 15.9 Å². The number of fused-ring (bicyclic) bond motifs is 1. The molecule has 1 heterocycles. The van der Waals surface area contributed by atoms with Crippen molar-refractivity contribution in [2.45, 2.75) is 50.5 Å². The molecular weight excluding hydrogens is 418 g/mol.